The van der Waals surface area contributed by atoms with Gasteiger partial charge in [-0.3, -0.25) is 19.8 Å². The van der Waals surface area contributed by atoms with Crippen molar-refractivity contribution >= 4 is 61.2 Å². The van der Waals surface area contributed by atoms with Crippen molar-refractivity contribution in [3.05, 3.63) is 111 Å². The number of H-pyrrole nitrogens is 1. The third-order valence-electron chi connectivity index (χ3n) is 13.6. The van der Waals surface area contributed by atoms with Crippen LogP contribution in [0.1, 0.15) is 81.6 Å². The largest absolute Gasteiger partial charge is 0.489 e. The summed E-state index contributed by atoms with van der Waals surface area (Å²) in [6, 6.07) is 18.7. The number of allylic oxidation sites excluding steroid dienone is 1. The van der Waals surface area contributed by atoms with E-state index in [0.29, 0.717) is 50.2 Å². The molecule has 15 nitrogen and oxygen atoms in total. The van der Waals surface area contributed by atoms with E-state index in [-0.39, 0.29) is 46.7 Å². The molecule has 4 aliphatic rings. The van der Waals surface area contributed by atoms with Crippen LogP contribution in [0.3, 0.4) is 0 Å². The van der Waals surface area contributed by atoms with Gasteiger partial charge >= 0.3 is 0 Å². The van der Waals surface area contributed by atoms with Crippen LogP contribution in [0.15, 0.2) is 89.6 Å². The maximum absolute atomic E-state index is 14.1. The lowest BCUT2D eigenvalue weighted by Gasteiger charge is -2.39. The maximum Gasteiger partial charge on any atom is 0.297 e. The molecule has 4 N–H and O–H groups in total. The Morgan fingerprint density at radius 3 is 2.52 bits per heavy atom. The second-order valence-electron chi connectivity index (χ2n) is 19.0. The quantitative estimate of drug-likeness (QED) is 0.0728. The third-order valence-corrected chi connectivity index (χ3v) is 15.1. The van der Waals surface area contributed by atoms with E-state index in [1.165, 1.54) is 35.0 Å². The summed E-state index contributed by atoms with van der Waals surface area (Å²) >= 11 is 6.25. The number of aliphatic hydroxyl groups is 1. The molecule has 0 bridgehead atoms. The second-order valence-corrected chi connectivity index (χ2v) is 21.1. The number of benzene rings is 3. The molecule has 2 aliphatic heterocycles. The molecule has 0 unspecified atom stereocenters. The molecule has 1 saturated carbocycles. The molecule has 9 rings (SSSR count). The number of anilines is 2. The number of nitrogens with one attached hydrogen (secondary N) is 3. The maximum atomic E-state index is 14.1. The highest BCUT2D eigenvalue weighted by molar-refractivity contribution is 7.90. The van der Waals surface area contributed by atoms with E-state index in [1.807, 2.05) is 18.2 Å². The van der Waals surface area contributed by atoms with Crippen LogP contribution < -0.4 is 24.4 Å². The molecule has 5 aromatic rings. The summed E-state index contributed by atoms with van der Waals surface area (Å²) in [6.07, 6.45) is 9.05. The second kappa shape index (κ2) is 17.6. The number of nitro benzene ring substituents is 1. The predicted octanol–water partition coefficient (Wildman–Crippen LogP) is 8.94. The Morgan fingerprint density at radius 1 is 1.03 bits per heavy atom. The topological polar surface area (TPSA) is 192 Å². The van der Waals surface area contributed by atoms with Crippen LogP contribution in [0.4, 0.5) is 17.1 Å². The average Bonchev–Trinajstić information content (AvgIpc) is 3.75. The number of pyridine rings is 1. The van der Waals surface area contributed by atoms with Crippen LogP contribution in [0, 0.1) is 21.4 Å². The number of hydrogen-bond donors (Lipinski definition) is 4. The van der Waals surface area contributed by atoms with Crippen molar-refractivity contribution in [2.75, 3.05) is 49.5 Å². The summed E-state index contributed by atoms with van der Waals surface area (Å²) in [6.45, 7) is 10.5. The molecule has 0 spiro atoms. The number of halogens is 1. The predicted molar refractivity (Wildman–Crippen MR) is 251 cm³/mol. The molecule has 342 valence electrons. The first kappa shape index (κ1) is 44.5. The number of carbonyl (C=O) groups is 1. The van der Waals surface area contributed by atoms with Crippen LogP contribution in [-0.2, 0) is 10.0 Å². The van der Waals surface area contributed by atoms with Crippen molar-refractivity contribution in [1.82, 2.24) is 19.6 Å². The molecule has 1 amide bonds. The summed E-state index contributed by atoms with van der Waals surface area (Å²) in [5.74, 6) is -0.445. The smallest absolute Gasteiger partial charge is 0.297 e. The number of piperazine rings is 1. The SMILES string of the molecule is CC1(C)CCC(CN2CCN(c3ccc(C(=O)NS(=O)(=O)c4cc5c(c([N+](=O)[O-])c4)N[C@H](C4CCC(C)(O)CC4)CO5)c(Oc4cnc5[nH]ccc5c4)c3)CC2)=C(c2ccc(Cl)cc2)C1. The number of rotatable bonds is 11. The Hall–Kier alpha value is -5.68. The van der Waals surface area contributed by atoms with Gasteiger partial charge < -0.3 is 29.8 Å². The van der Waals surface area contributed by atoms with Crippen LogP contribution in [0.5, 0.6) is 17.2 Å². The molecule has 1 saturated heterocycles. The number of ether oxygens (including phenoxy) is 2. The first-order chi connectivity index (χ1) is 31.0. The molecule has 17 heteroatoms. The number of amides is 1. The summed E-state index contributed by atoms with van der Waals surface area (Å²) < 4.78 is 42.3. The lowest BCUT2D eigenvalue weighted by Crippen LogP contribution is -2.47. The normalized spacial score (nSPS) is 22.4. The van der Waals surface area contributed by atoms with Gasteiger partial charge in [-0.2, -0.15) is 0 Å². The van der Waals surface area contributed by atoms with E-state index in [0.717, 1.165) is 61.1 Å². The Morgan fingerprint density at radius 2 is 1.78 bits per heavy atom. The number of hydrogen-bond acceptors (Lipinski definition) is 12. The average molecular weight is 925 g/mol. The fourth-order valence-electron chi connectivity index (χ4n) is 9.68. The van der Waals surface area contributed by atoms with Crippen LogP contribution >= 0.6 is 11.6 Å². The van der Waals surface area contributed by atoms with Gasteiger partial charge in [0.25, 0.3) is 21.6 Å². The van der Waals surface area contributed by atoms with Gasteiger partial charge in [-0.05, 0) is 111 Å². The Kier molecular flexibility index (Phi) is 12.1. The zero-order valence-electron chi connectivity index (χ0n) is 36.7. The number of nitrogens with zero attached hydrogens (tertiary/aromatic N) is 4. The minimum Gasteiger partial charge on any atom is -0.489 e. The van der Waals surface area contributed by atoms with Crippen molar-refractivity contribution in [2.24, 2.45) is 11.3 Å². The standard InChI is InChI=1S/C48H54ClN7O8S/c1-47(2)14-10-33(39(26-47)30-4-6-34(49)7-5-30)28-54-18-20-55(21-19-54)35-8-9-38(42(23-35)64-36-22-32-13-17-50-45(32)51-27-36)46(57)53-65(61,62)37-24-41(56(59)60)44-43(25-37)63-29-40(52-44)31-11-15-48(3,58)16-12-31/h4-9,13,17,22-25,27,31,40,52,58H,10-12,14-16,18-21,26,28-29H2,1-3H3,(H,50,51)(H,53,57)/t31?,40-,48?/m0/s1. The molecular formula is C48H54ClN7O8S. The molecule has 0 radical (unpaired) electrons. The van der Waals surface area contributed by atoms with Crippen molar-refractivity contribution in [1.29, 1.82) is 0 Å². The third kappa shape index (κ3) is 9.81. The lowest BCUT2D eigenvalue weighted by molar-refractivity contribution is -0.384. The van der Waals surface area contributed by atoms with E-state index in [4.69, 9.17) is 21.1 Å². The van der Waals surface area contributed by atoms with Gasteiger partial charge in [-0.25, -0.2) is 18.1 Å². The minimum absolute atomic E-state index is 0.00591. The minimum atomic E-state index is -4.67. The van der Waals surface area contributed by atoms with E-state index in [9.17, 15) is 28.4 Å². The molecule has 3 aromatic carbocycles. The van der Waals surface area contributed by atoms with E-state index >= 15 is 0 Å². The number of aromatic amines is 1. The van der Waals surface area contributed by atoms with Gasteiger partial charge in [0.15, 0.2) is 11.4 Å². The van der Waals surface area contributed by atoms with Crippen molar-refractivity contribution in [3.63, 3.8) is 0 Å². The highest BCUT2D eigenvalue weighted by Gasteiger charge is 2.38. The van der Waals surface area contributed by atoms with Crippen molar-refractivity contribution in [2.45, 2.75) is 82.3 Å². The summed E-state index contributed by atoms with van der Waals surface area (Å²) in [5, 5.41) is 27.5. The number of aromatic nitrogens is 2. The fourth-order valence-corrected chi connectivity index (χ4v) is 10.8. The number of carbonyl (C=O) groups excluding carboxylic acids is 1. The Labute approximate surface area is 383 Å². The Balaban J connectivity index is 0.940. The zero-order chi connectivity index (χ0) is 45.7. The number of nitro groups is 1. The van der Waals surface area contributed by atoms with Gasteiger partial charge in [0.2, 0.25) is 0 Å². The molecule has 4 heterocycles. The van der Waals surface area contributed by atoms with Crippen LogP contribution in [-0.4, -0.2) is 90.2 Å². The molecule has 2 fully saturated rings. The summed E-state index contributed by atoms with van der Waals surface area (Å²) in [5.41, 5.74) is 4.52. The van der Waals surface area contributed by atoms with Gasteiger partial charge in [0.1, 0.15) is 23.8 Å². The van der Waals surface area contributed by atoms with E-state index < -0.39 is 37.0 Å². The van der Waals surface area contributed by atoms with E-state index in [2.05, 4.69) is 55.8 Å². The summed E-state index contributed by atoms with van der Waals surface area (Å²) in [4.78, 5) is 37.5. The number of fused-ring (bicyclic) bond motifs is 2. The molecule has 2 aromatic heterocycles. The van der Waals surface area contributed by atoms with Gasteiger partial charge in [-0.15, -0.1) is 0 Å². The first-order valence-corrected chi connectivity index (χ1v) is 24.1. The first-order valence-electron chi connectivity index (χ1n) is 22.2. The number of sulfonamides is 1. The Bertz CT molecular complexity index is 2770. The highest BCUT2D eigenvalue weighted by Crippen LogP contribution is 2.45. The monoisotopic (exact) mass is 923 g/mol. The highest BCUT2D eigenvalue weighted by atomic mass is 35.5. The van der Waals surface area contributed by atoms with Crippen molar-refractivity contribution < 1.29 is 32.7 Å². The summed E-state index contributed by atoms with van der Waals surface area (Å²) in [7, 11) is -4.67. The molecular weight excluding hydrogens is 870 g/mol. The van der Waals surface area contributed by atoms with Crippen LogP contribution in [0.25, 0.3) is 16.6 Å². The zero-order valence-corrected chi connectivity index (χ0v) is 38.3. The molecule has 65 heavy (non-hydrogen) atoms. The van der Waals surface area contributed by atoms with Gasteiger partial charge in [0.05, 0.1) is 33.2 Å². The van der Waals surface area contributed by atoms with Crippen LogP contribution in [0.2, 0.25) is 5.02 Å². The molecule has 2 aliphatic carbocycles. The van der Waals surface area contributed by atoms with E-state index in [1.54, 1.807) is 31.3 Å². The van der Waals surface area contributed by atoms with Gasteiger partial charge in [-0.1, -0.05) is 43.2 Å². The fraction of sp³-hybridized carbons (Fsp3) is 0.417. The molecule has 1 atom stereocenters. The van der Waals surface area contributed by atoms with Crippen molar-refractivity contribution in [3.8, 4) is 17.2 Å². The lowest BCUT2D eigenvalue weighted by atomic mass is 9.72. The van der Waals surface area contributed by atoms with Gasteiger partial charge in [0, 0.05) is 73.2 Å².